The van der Waals surface area contributed by atoms with Crippen LogP contribution in [0.15, 0.2) is 48.5 Å². The van der Waals surface area contributed by atoms with Crippen LogP contribution in [0.3, 0.4) is 0 Å². The van der Waals surface area contributed by atoms with Gasteiger partial charge in [-0.1, -0.05) is 48.1 Å². The fourth-order valence-corrected chi connectivity index (χ4v) is 4.20. The van der Waals surface area contributed by atoms with Gasteiger partial charge in [0.1, 0.15) is 17.3 Å². The Balaban J connectivity index is 1.52. The lowest BCUT2D eigenvalue weighted by Crippen LogP contribution is -2.51. The summed E-state index contributed by atoms with van der Waals surface area (Å²) in [6.45, 7) is 3.35. The average Bonchev–Trinajstić information content (AvgIpc) is 3.17. The Morgan fingerprint density at radius 3 is 2.92 bits per heavy atom. The van der Waals surface area contributed by atoms with Gasteiger partial charge in [-0.3, -0.25) is 4.79 Å². The average molecular weight is 387 g/mol. The van der Waals surface area contributed by atoms with Crippen molar-refractivity contribution < 1.29 is 9.53 Å². The molecular formula is C20H19ClN2O2S. The van der Waals surface area contributed by atoms with E-state index in [4.69, 9.17) is 28.6 Å². The molecule has 6 heteroatoms. The number of para-hydroxylation sites is 1. The molecule has 0 saturated carbocycles. The van der Waals surface area contributed by atoms with Crippen molar-refractivity contribution in [1.29, 1.82) is 0 Å². The van der Waals surface area contributed by atoms with Crippen molar-refractivity contribution in [3.05, 3.63) is 64.7 Å². The number of amides is 1. The van der Waals surface area contributed by atoms with Crippen molar-refractivity contribution in [3.8, 4) is 5.75 Å². The van der Waals surface area contributed by atoms with E-state index in [1.165, 1.54) is 0 Å². The first-order valence-electron chi connectivity index (χ1n) is 8.59. The van der Waals surface area contributed by atoms with E-state index in [0.717, 1.165) is 29.3 Å². The second kappa shape index (κ2) is 6.56. The van der Waals surface area contributed by atoms with Gasteiger partial charge >= 0.3 is 0 Å². The number of hydrogen-bond acceptors (Lipinski definition) is 3. The molecule has 2 atom stereocenters. The van der Waals surface area contributed by atoms with Gasteiger partial charge in [0, 0.05) is 22.7 Å². The highest BCUT2D eigenvalue weighted by atomic mass is 35.5. The van der Waals surface area contributed by atoms with Crippen LogP contribution in [0, 0.1) is 0 Å². The van der Waals surface area contributed by atoms with E-state index in [2.05, 4.69) is 16.3 Å². The lowest BCUT2D eigenvalue weighted by molar-refractivity contribution is 0.0928. The third-order valence-corrected chi connectivity index (χ3v) is 6.03. The molecule has 2 aromatic rings. The summed E-state index contributed by atoms with van der Waals surface area (Å²) in [6, 6.07) is 15.1. The molecule has 26 heavy (non-hydrogen) atoms. The molecule has 2 heterocycles. The summed E-state index contributed by atoms with van der Waals surface area (Å²) in [6.07, 6.45) is 0.761. The Labute approximate surface area is 163 Å². The Bertz CT molecular complexity index is 888. The molecular weight excluding hydrogens is 368 g/mol. The van der Waals surface area contributed by atoms with Crippen LogP contribution >= 0.6 is 23.8 Å². The number of nitrogens with zero attached hydrogens (tertiary/aromatic N) is 1. The van der Waals surface area contributed by atoms with Crippen LogP contribution in [-0.4, -0.2) is 34.5 Å². The normalized spacial score (nSPS) is 24.3. The zero-order valence-electron chi connectivity index (χ0n) is 14.4. The number of carbonyl (C=O) groups excluding carboxylic acids is 1. The highest BCUT2D eigenvalue weighted by molar-refractivity contribution is 7.80. The van der Waals surface area contributed by atoms with Crippen molar-refractivity contribution in [2.24, 2.45) is 0 Å². The predicted molar refractivity (Wildman–Crippen MR) is 106 cm³/mol. The Morgan fingerprint density at radius 1 is 1.31 bits per heavy atom. The molecule has 1 N–H and O–H groups in total. The van der Waals surface area contributed by atoms with Gasteiger partial charge in [-0.2, -0.15) is 0 Å². The Hall–Kier alpha value is -2.11. The van der Waals surface area contributed by atoms with Crippen molar-refractivity contribution in [2.45, 2.75) is 24.9 Å². The van der Waals surface area contributed by atoms with Crippen molar-refractivity contribution in [3.63, 3.8) is 0 Å². The maximum atomic E-state index is 12.7. The predicted octanol–water partition coefficient (Wildman–Crippen LogP) is 4.00. The first-order valence-corrected chi connectivity index (χ1v) is 9.37. The van der Waals surface area contributed by atoms with Gasteiger partial charge in [-0.05, 0) is 37.6 Å². The molecule has 0 unspecified atom stereocenters. The molecule has 2 aliphatic heterocycles. The fourth-order valence-electron chi connectivity index (χ4n) is 3.64. The van der Waals surface area contributed by atoms with Gasteiger partial charge in [0.25, 0.3) is 5.91 Å². The van der Waals surface area contributed by atoms with Crippen LogP contribution in [0.5, 0.6) is 5.75 Å². The van der Waals surface area contributed by atoms with E-state index in [9.17, 15) is 4.79 Å². The smallest absolute Gasteiger partial charge is 0.252 e. The fraction of sp³-hybridized carbons (Fsp3) is 0.300. The van der Waals surface area contributed by atoms with Crippen molar-refractivity contribution in [1.82, 2.24) is 10.2 Å². The van der Waals surface area contributed by atoms with Gasteiger partial charge in [-0.25, -0.2) is 0 Å². The third kappa shape index (κ3) is 2.95. The lowest BCUT2D eigenvalue weighted by atomic mass is 10.0. The second-order valence-electron chi connectivity index (χ2n) is 6.91. The minimum absolute atomic E-state index is 0.101. The molecule has 4 rings (SSSR count). The number of benzene rings is 2. The number of rotatable bonds is 3. The maximum Gasteiger partial charge on any atom is 0.252 e. The van der Waals surface area contributed by atoms with Gasteiger partial charge in [-0.15, -0.1) is 0 Å². The van der Waals surface area contributed by atoms with E-state index in [1.54, 1.807) is 24.3 Å². The quantitative estimate of drug-likeness (QED) is 0.810. The van der Waals surface area contributed by atoms with Crippen molar-refractivity contribution in [2.75, 3.05) is 13.2 Å². The van der Waals surface area contributed by atoms with Gasteiger partial charge < -0.3 is 15.0 Å². The molecule has 0 bridgehead atoms. The maximum absolute atomic E-state index is 12.7. The number of likely N-dealkylation sites (tertiary alicyclic amines) is 1. The number of carbonyl (C=O) groups is 1. The highest BCUT2D eigenvalue weighted by Gasteiger charge is 2.45. The second-order valence-corrected chi connectivity index (χ2v) is 7.73. The van der Waals surface area contributed by atoms with E-state index < -0.39 is 5.54 Å². The molecule has 2 aliphatic rings. The standard InChI is InChI=1S/C20H19ClN2O2S/c1-20(22-18(24)13-5-4-6-14(21)11-13)9-10-23(19(20)26)16-12-25-17-8-3-2-7-15(16)17/h2-8,11,16H,9-10,12H2,1H3,(H,22,24)/t16-,20+/m1/s1. The van der Waals surface area contributed by atoms with Crippen LogP contribution < -0.4 is 10.1 Å². The minimum atomic E-state index is -0.563. The summed E-state index contributed by atoms with van der Waals surface area (Å²) in [5.74, 6) is 0.749. The number of nitrogens with one attached hydrogen (secondary N) is 1. The summed E-state index contributed by atoms with van der Waals surface area (Å²) in [7, 11) is 0. The third-order valence-electron chi connectivity index (χ3n) is 5.11. The molecule has 4 nitrogen and oxygen atoms in total. The van der Waals surface area contributed by atoms with Gasteiger partial charge in [0.05, 0.1) is 11.6 Å². The number of halogens is 1. The summed E-state index contributed by atoms with van der Waals surface area (Å²) < 4.78 is 5.80. The number of ether oxygens (including phenoxy) is 1. The number of hydrogen-bond donors (Lipinski definition) is 1. The minimum Gasteiger partial charge on any atom is -0.491 e. The van der Waals surface area contributed by atoms with Crippen LogP contribution in [0.4, 0.5) is 0 Å². The molecule has 134 valence electrons. The van der Waals surface area contributed by atoms with E-state index in [-0.39, 0.29) is 11.9 Å². The molecule has 0 radical (unpaired) electrons. The highest BCUT2D eigenvalue weighted by Crippen LogP contribution is 2.40. The number of thiocarbonyl (C=S) groups is 1. The van der Waals surface area contributed by atoms with Gasteiger partial charge in [0.2, 0.25) is 0 Å². The lowest BCUT2D eigenvalue weighted by Gasteiger charge is -2.30. The molecule has 1 saturated heterocycles. The molecule has 1 amide bonds. The topological polar surface area (TPSA) is 41.6 Å². The van der Waals surface area contributed by atoms with Gasteiger partial charge in [0.15, 0.2) is 0 Å². The molecule has 0 spiro atoms. The SMILES string of the molecule is C[C@]1(NC(=O)c2cccc(Cl)c2)CCN([C@@H]2COc3ccccc32)C1=S. The Morgan fingerprint density at radius 2 is 2.12 bits per heavy atom. The van der Waals surface area contributed by atoms with Crippen LogP contribution in [0.25, 0.3) is 0 Å². The van der Waals surface area contributed by atoms with Crippen molar-refractivity contribution >= 4 is 34.7 Å². The monoisotopic (exact) mass is 386 g/mol. The zero-order chi connectivity index (χ0) is 18.3. The summed E-state index contributed by atoms with van der Waals surface area (Å²) in [5, 5.41) is 3.64. The molecule has 2 aromatic carbocycles. The first kappa shape index (κ1) is 17.3. The Kier molecular flexibility index (Phi) is 4.37. The van der Waals surface area contributed by atoms with E-state index >= 15 is 0 Å². The summed E-state index contributed by atoms with van der Waals surface area (Å²) in [4.78, 5) is 15.6. The summed E-state index contributed by atoms with van der Waals surface area (Å²) in [5.41, 5.74) is 1.13. The van der Waals surface area contributed by atoms with E-state index in [1.807, 2.05) is 25.1 Å². The van der Waals surface area contributed by atoms with E-state index in [0.29, 0.717) is 17.2 Å². The molecule has 0 aliphatic carbocycles. The van der Waals surface area contributed by atoms with Crippen LogP contribution in [0.1, 0.15) is 35.3 Å². The first-order chi connectivity index (χ1) is 12.5. The number of fused-ring (bicyclic) bond motifs is 1. The molecule has 0 aromatic heterocycles. The summed E-state index contributed by atoms with van der Waals surface area (Å²) >= 11 is 11.8. The van der Waals surface area contributed by atoms with Crippen LogP contribution in [-0.2, 0) is 0 Å². The zero-order valence-corrected chi connectivity index (χ0v) is 15.9. The van der Waals surface area contributed by atoms with Crippen LogP contribution in [0.2, 0.25) is 5.02 Å². The molecule has 1 fully saturated rings. The largest absolute Gasteiger partial charge is 0.491 e.